The zero-order valence-electron chi connectivity index (χ0n) is 18.9. The molecule has 3 aliphatic rings. The van der Waals surface area contributed by atoms with Gasteiger partial charge in [-0.3, -0.25) is 4.79 Å². The molecular weight excluding hydrogens is 414 g/mol. The monoisotopic (exact) mass is 449 g/mol. The van der Waals surface area contributed by atoms with Gasteiger partial charge >= 0.3 is 0 Å². The van der Waals surface area contributed by atoms with E-state index < -0.39 is 16.1 Å². The van der Waals surface area contributed by atoms with Crippen LogP contribution < -0.4 is 10.6 Å². The van der Waals surface area contributed by atoms with Crippen LogP contribution in [-0.4, -0.2) is 56.0 Å². The van der Waals surface area contributed by atoms with Crippen molar-refractivity contribution in [3.8, 4) is 0 Å². The van der Waals surface area contributed by atoms with E-state index in [-0.39, 0.29) is 40.8 Å². The van der Waals surface area contributed by atoms with Crippen LogP contribution in [0.5, 0.6) is 0 Å². The third-order valence-electron chi connectivity index (χ3n) is 8.10. The maximum atomic E-state index is 13.3. The maximum absolute atomic E-state index is 13.3. The predicted molar refractivity (Wildman–Crippen MR) is 120 cm³/mol. The van der Waals surface area contributed by atoms with Gasteiger partial charge < -0.3 is 15.7 Å². The van der Waals surface area contributed by atoms with Gasteiger partial charge in [0.1, 0.15) is 4.90 Å². The highest BCUT2D eigenvalue weighted by atomic mass is 32.2. The van der Waals surface area contributed by atoms with Crippen LogP contribution in [0.25, 0.3) is 0 Å². The Balaban J connectivity index is 1.61. The molecule has 31 heavy (non-hydrogen) atoms. The van der Waals surface area contributed by atoms with Crippen molar-refractivity contribution in [1.82, 2.24) is 9.62 Å². The molecule has 2 saturated carbocycles. The lowest BCUT2D eigenvalue weighted by Crippen LogP contribution is -2.52. The molecule has 1 aromatic rings. The van der Waals surface area contributed by atoms with Crippen molar-refractivity contribution >= 4 is 21.6 Å². The number of hydrogen-bond donors (Lipinski definition) is 3. The van der Waals surface area contributed by atoms with Crippen LogP contribution in [0.2, 0.25) is 0 Å². The number of nitrogens with one attached hydrogen (secondary N) is 2. The van der Waals surface area contributed by atoms with Gasteiger partial charge in [-0.1, -0.05) is 20.8 Å². The minimum atomic E-state index is -3.78. The van der Waals surface area contributed by atoms with Crippen LogP contribution in [-0.2, 0) is 10.0 Å². The molecule has 1 saturated heterocycles. The fourth-order valence-corrected chi connectivity index (χ4v) is 7.88. The molecule has 8 heteroatoms. The summed E-state index contributed by atoms with van der Waals surface area (Å²) < 4.78 is 28.0. The molecule has 1 aliphatic heterocycles. The van der Waals surface area contributed by atoms with Crippen LogP contribution in [0.15, 0.2) is 23.1 Å². The highest BCUT2D eigenvalue weighted by molar-refractivity contribution is 7.89. The first-order chi connectivity index (χ1) is 14.5. The van der Waals surface area contributed by atoms with Gasteiger partial charge in [-0.05, 0) is 67.1 Å². The number of aliphatic hydroxyl groups excluding tert-OH is 1. The molecular formula is C23H35N3O4S. The van der Waals surface area contributed by atoms with E-state index in [0.29, 0.717) is 30.0 Å². The number of piperidine rings is 1. The Morgan fingerprint density at radius 3 is 2.42 bits per heavy atom. The first-order valence-electron chi connectivity index (χ1n) is 11.3. The molecule has 2 bridgehead atoms. The van der Waals surface area contributed by atoms with Crippen molar-refractivity contribution in [2.45, 2.75) is 69.9 Å². The second-order valence-electron chi connectivity index (χ2n) is 10.4. The van der Waals surface area contributed by atoms with Gasteiger partial charge in [-0.25, -0.2) is 8.42 Å². The van der Waals surface area contributed by atoms with Crippen molar-refractivity contribution in [3.63, 3.8) is 0 Å². The van der Waals surface area contributed by atoms with Crippen LogP contribution in [0.4, 0.5) is 5.69 Å². The van der Waals surface area contributed by atoms with E-state index in [1.165, 1.54) is 16.8 Å². The van der Waals surface area contributed by atoms with Crippen LogP contribution >= 0.6 is 0 Å². The molecule has 1 aromatic carbocycles. The topological polar surface area (TPSA) is 98.7 Å². The summed E-state index contributed by atoms with van der Waals surface area (Å²) in [5, 5.41) is 15.9. The second-order valence-corrected chi connectivity index (χ2v) is 12.3. The largest absolute Gasteiger partial charge is 0.393 e. The number of nitrogens with zero attached hydrogens (tertiary/aromatic N) is 1. The third kappa shape index (κ3) is 3.76. The summed E-state index contributed by atoms with van der Waals surface area (Å²) >= 11 is 0. The number of fused-ring (bicyclic) bond motifs is 2. The Hall–Kier alpha value is -1.64. The van der Waals surface area contributed by atoms with E-state index in [4.69, 9.17) is 0 Å². The summed E-state index contributed by atoms with van der Waals surface area (Å²) in [4.78, 5) is 13.3. The van der Waals surface area contributed by atoms with Gasteiger partial charge in [0.25, 0.3) is 5.91 Å². The van der Waals surface area contributed by atoms with Gasteiger partial charge in [0.15, 0.2) is 0 Å². The van der Waals surface area contributed by atoms with E-state index in [9.17, 15) is 18.3 Å². The first-order valence-corrected chi connectivity index (χ1v) is 12.7. The SMILES string of the molecule is CNc1ccc(C(=O)NC2C(C)(C)[C@@H]3CC[C@]2(C)C3)cc1S(=O)(=O)N1CCC(O)CC1. The summed E-state index contributed by atoms with van der Waals surface area (Å²) in [6, 6.07) is 4.90. The van der Waals surface area contributed by atoms with Gasteiger partial charge in [0.05, 0.1) is 11.8 Å². The van der Waals surface area contributed by atoms with E-state index in [1.807, 2.05) is 0 Å². The molecule has 0 aromatic heterocycles. The molecule has 1 amide bonds. The molecule has 3 N–H and O–H groups in total. The Morgan fingerprint density at radius 1 is 1.16 bits per heavy atom. The van der Waals surface area contributed by atoms with Crippen molar-refractivity contribution < 1.29 is 18.3 Å². The zero-order chi connectivity index (χ0) is 22.6. The number of aliphatic hydroxyl groups is 1. The number of hydrogen-bond acceptors (Lipinski definition) is 5. The fourth-order valence-electron chi connectivity index (χ4n) is 6.18. The smallest absolute Gasteiger partial charge is 0.251 e. The molecule has 0 spiro atoms. The first kappa shape index (κ1) is 22.6. The van der Waals surface area contributed by atoms with Gasteiger partial charge in [-0.2, -0.15) is 4.31 Å². The lowest BCUT2D eigenvalue weighted by atomic mass is 9.68. The molecule has 3 fully saturated rings. The van der Waals surface area contributed by atoms with Gasteiger partial charge in [0, 0.05) is 31.7 Å². The quantitative estimate of drug-likeness (QED) is 0.642. The molecule has 1 unspecified atom stereocenters. The Bertz CT molecular complexity index is 964. The van der Waals surface area contributed by atoms with Gasteiger partial charge in [0.2, 0.25) is 10.0 Å². The van der Waals surface area contributed by atoms with E-state index in [0.717, 1.165) is 12.8 Å². The number of anilines is 1. The number of sulfonamides is 1. The van der Waals surface area contributed by atoms with E-state index >= 15 is 0 Å². The standard InChI is InChI=1S/C23H35N3O4S/c1-22(2)16-7-10-23(3,14-16)21(22)25-20(28)15-5-6-18(24-4)19(13-15)31(29,30)26-11-8-17(27)9-12-26/h5-6,13,16-17,21,24,27H,7-12,14H2,1-4H3,(H,25,28)/t16-,21?,23-/m1/s1. The Labute approximate surface area is 185 Å². The highest BCUT2D eigenvalue weighted by Crippen LogP contribution is 2.62. The number of carbonyl (C=O) groups excluding carboxylic acids is 1. The van der Waals surface area contributed by atoms with Crippen molar-refractivity contribution in [3.05, 3.63) is 23.8 Å². The minimum Gasteiger partial charge on any atom is -0.393 e. The highest BCUT2D eigenvalue weighted by Gasteiger charge is 2.59. The fraction of sp³-hybridized carbons (Fsp3) is 0.696. The average molecular weight is 450 g/mol. The van der Waals surface area contributed by atoms with Crippen LogP contribution in [0.1, 0.15) is 63.2 Å². The van der Waals surface area contributed by atoms with Gasteiger partial charge in [-0.15, -0.1) is 0 Å². The summed E-state index contributed by atoms with van der Waals surface area (Å²) in [6.07, 6.45) is 3.84. The van der Waals surface area contributed by atoms with E-state index in [2.05, 4.69) is 31.4 Å². The lowest BCUT2D eigenvalue weighted by Gasteiger charge is -2.43. The molecule has 3 atom stereocenters. The average Bonchev–Trinajstić information content (AvgIpc) is 3.22. The summed E-state index contributed by atoms with van der Waals surface area (Å²) in [7, 11) is -2.10. The lowest BCUT2D eigenvalue weighted by molar-refractivity contribution is 0.0737. The zero-order valence-corrected chi connectivity index (χ0v) is 19.8. The molecule has 172 valence electrons. The number of carbonyl (C=O) groups is 1. The molecule has 1 heterocycles. The van der Waals surface area contributed by atoms with Crippen molar-refractivity contribution in [2.75, 3.05) is 25.5 Å². The summed E-state index contributed by atoms with van der Waals surface area (Å²) in [5.41, 5.74) is 0.946. The number of rotatable bonds is 5. The maximum Gasteiger partial charge on any atom is 0.251 e. The number of benzene rings is 1. The molecule has 7 nitrogen and oxygen atoms in total. The molecule has 4 rings (SSSR count). The van der Waals surface area contributed by atoms with Crippen molar-refractivity contribution in [1.29, 1.82) is 0 Å². The van der Waals surface area contributed by atoms with Crippen molar-refractivity contribution in [2.24, 2.45) is 16.7 Å². The third-order valence-corrected chi connectivity index (χ3v) is 10.0. The summed E-state index contributed by atoms with van der Waals surface area (Å²) in [5.74, 6) is 0.389. The Morgan fingerprint density at radius 2 is 1.84 bits per heavy atom. The molecule has 2 aliphatic carbocycles. The van der Waals surface area contributed by atoms with Crippen LogP contribution in [0.3, 0.4) is 0 Å². The predicted octanol–water partition coefficient (Wildman–Crippen LogP) is 2.82. The van der Waals surface area contributed by atoms with Crippen LogP contribution in [0, 0.1) is 16.7 Å². The molecule has 0 radical (unpaired) electrons. The normalized spacial score (nSPS) is 31.0. The summed E-state index contributed by atoms with van der Waals surface area (Å²) in [6.45, 7) is 7.28. The van der Waals surface area contributed by atoms with E-state index in [1.54, 1.807) is 19.2 Å². The number of amides is 1. The second kappa shape index (κ2) is 7.74. The minimum absolute atomic E-state index is 0.0249. The Kier molecular flexibility index (Phi) is 5.63.